The maximum Gasteiger partial charge on any atom is 0.408 e. The van der Waals surface area contributed by atoms with E-state index in [0.29, 0.717) is 5.56 Å². The molecule has 0 bridgehead atoms. The number of hydrogen-bond acceptors (Lipinski definition) is 6. The van der Waals surface area contributed by atoms with Gasteiger partial charge in [0.05, 0.1) is 11.8 Å². The minimum Gasteiger partial charge on any atom is -0.444 e. The topological polar surface area (TPSA) is 117 Å². The molecule has 30 heavy (non-hydrogen) atoms. The number of alkyl carbamates (subject to hydrolysis) is 1. The molecule has 8 heteroatoms. The number of benzene rings is 1. The van der Waals surface area contributed by atoms with E-state index in [1.165, 1.54) is 6.08 Å². The van der Waals surface area contributed by atoms with E-state index in [1.807, 2.05) is 0 Å². The number of ketones is 1. The zero-order valence-corrected chi connectivity index (χ0v) is 17.6. The molecule has 8 nitrogen and oxygen atoms in total. The van der Waals surface area contributed by atoms with E-state index >= 15 is 0 Å². The summed E-state index contributed by atoms with van der Waals surface area (Å²) in [5.74, 6) is -0.786. The molecule has 162 valence electrons. The lowest BCUT2D eigenvalue weighted by molar-refractivity contribution is -0.117. The van der Waals surface area contributed by atoms with Crippen molar-refractivity contribution in [2.45, 2.75) is 57.6 Å². The maximum atomic E-state index is 12.3. The largest absolute Gasteiger partial charge is 0.444 e. The molecule has 1 aromatic rings. The van der Waals surface area contributed by atoms with Crippen molar-refractivity contribution >= 4 is 30.1 Å². The number of rotatable bonds is 7. The van der Waals surface area contributed by atoms with Gasteiger partial charge in [-0.25, -0.2) is 10.2 Å². The Hall–Kier alpha value is -3.00. The molecule has 0 aliphatic heterocycles. The van der Waals surface area contributed by atoms with E-state index in [-0.39, 0.29) is 0 Å². The molecular weight excluding hydrogens is 386 g/mol. The summed E-state index contributed by atoms with van der Waals surface area (Å²) in [6.45, 7) is 4.86. The number of hydrogen-bond donors (Lipinski definition) is 3. The Bertz CT molecular complexity index is 816. The summed E-state index contributed by atoms with van der Waals surface area (Å²) in [6, 6.07) is 6.58. The van der Waals surface area contributed by atoms with Crippen molar-refractivity contribution in [3.05, 3.63) is 41.5 Å². The number of nitrogens with one attached hydrogen (secondary N) is 2. The normalized spacial score (nSPS) is 16.0. The highest BCUT2D eigenvalue weighted by molar-refractivity contribution is 5.96. The highest BCUT2D eigenvalue weighted by Gasteiger charge is 2.35. The van der Waals surface area contributed by atoms with E-state index in [2.05, 4.69) is 15.8 Å². The van der Waals surface area contributed by atoms with Gasteiger partial charge >= 0.3 is 6.09 Å². The van der Waals surface area contributed by atoms with Crippen LogP contribution in [-0.4, -0.2) is 46.9 Å². The standard InChI is InChI=1S/C22H29N3O5/c1-21(2,3)30-20(29)24-22(12-4-5-13-22)15-23-25-19(28)17-9-6-16(7-10-17)8-11-18(27)14-26/h6-11,15,26H,4-5,12-14H2,1-3H3,(H,24,29)(H,25,28)/b11-8+,23-15+. The first-order valence-corrected chi connectivity index (χ1v) is 9.90. The van der Waals surface area contributed by atoms with Gasteiger partial charge in [0.25, 0.3) is 5.91 Å². The van der Waals surface area contributed by atoms with Crippen LogP contribution < -0.4 is 10.7 Å². The van der Waals surface area contributed by atoms with E-state index in [0.717, 1.165) is 31.2 Å². The second kappa shape index (κ2) is 10.2. The van der Waals surface area contributed by atoms with Crippen LogP contribution in [0.2, 0.25) is 0 Å². The third-order valence-electron chi connectivity index (χ3n) is 4.51. The summed E-state index contributed by atoms with van der Waals surface area (Å²) < 4.78 is 5.33. The van der Waals surface area contributed by atoms with Gasteiger partial charge < -0.3 is 15.2 Å². The number of aliphatic hydroxyl groups is 1. The van der Waals surface area contributed by atoms with Crippen molar-refractivity contribution in [2.75, 3.05) is 6.61 Å². The molecule has 1 saturated carbocycles. The monoisotopic (exact) mass is 415 g/mol. The fourth-order valence-corrected chi connectivity index (χ4v) is 3.07. The molecule has 0 spiro atoms. The molecule has 0 saturated heterocycles. The molecule has 0 aromatic heterocycles. The summed E-state index contributed by atoms with van der Waals surface area (Å²) in [7, 11) is 0. The van der Waals surface area contributed by atoms with Crippen molar-refractivity contribution in [3.63, 3.8) is 0 Å². The number of aliphatic hydroxyl groups excluding tert-OH is 1. The number of nitrogens with zero attached hydrogens (tertiary/aromatic N) is 1. The fraction of sp³-hybridized carbons (Fsp3) is 0.455. The van der Waals surface area contributed by atoms with Crippen LogP contribution in [0.15, 0.2) is 35.4 Å². The van der Waals surface area contributed by atoms with Crippen LogP contribution in [0, 0.1) is 0 Å². The second-order valence-electron chi connectivity index (χ2n) is 8.27. The molecule has 0 radical (unpaired) electrons. The van der Waals surface area contributed by atoms with Crippen LogP contribution >= 0.6 is 0 Å². The smallest absolute Gasteiger partial charge is 0.408 e. The quantitative estimate of drug-likeness (QED) is 0.360. The van der Waals surface area contributed by atoms with Gasteiger partial charge in [-0.2, -0.15) is 5.10 Å². The van der Waals surface area contributed by atoms with Gasteiger partial charge in [-0.15, -0.1) is 0 Å². The lowest BCUT2D eigenvalue weighted by Crippen LogP contribution is -2.49. The Labute approximate surface area is 176 Å². The predicted molar refractivity (Wildman–Crippen MR) is 114 cm³/mol. The molecular formula is C22H29N3O5. The highest BCUT2D eigenvalue weighted by atomic mass is 16.6. The highest BCUT2D eigenvalue weighted by Crippen LogP contribution is 2.28. The zero-order chi connectivity index (χ0) is 22.2. The van der Waals surface area contributed by atoms with E-state index in [1.54, 1.807) is 57.3 Å². The first kappa shape index (κ1) is 23.3. The van der Waals surface area contributed by atoms with Crippen molar-refractivity contribution in [1.29, 1.82) is 0 Å². The number of hydrazone groups is 1. The summed E-state index contributed by atoms with van der Waals surface area (Å²) in [5.41, 5.74) is 2.38. The average Bonchev–Trinajstić information content (AvgIpc) is 3.13. The number of ether oxygens (including phenoxy) is 1. The van der Waals surface area contributed by atoms with Gasteiger partial charge in [-0.1, -0.05) is 31.1 Å². The Morgan fingerprint density at radius 2 is 1.80 bits per heavy atom. The minimum atomic E-state index is -0.635. The van der Waals surface area contributed by atoms with Gasteiger partial charge in [0.1, 0.15) is 12.2 Å². The van der Waals surface area contributed by atoms with Gasteiger partial charge in [-0.05, 0) is 57.4 Å². The predicted octanol–water partition coefficient (Wildman–Crippen LogP) is 2.81. The molecule has 2 rings (SSSR count). The average molecular weight is 415 g/mol. The molecule has 0 heterocycles. The van der Waals surface area contributed by atoms with Gasteiger partial charge in [0.15, 0.2) is 5.78 Å². The van der Waals surface area contributed by atoms with Gasteiger partial charge in [0.2, 0.25) is 0 Å². The lowest BCUT2D eigenvalue weighted by atomic mass is 10.00. The molecule has 0 atom stereocenters. The van der Waals surface area contributed by atoms with Crippen LogP contribution in [0.5, 0.6) is 0 Å². The van der Waals surface area contributed by atoms with E-state index in [4.69, 9.17) is 9.84 Å². The van der Waals surface area contributed by atoms with Crippen LogP contribution in [0.4, 0.5) is 4.79 Å². The first-order valence-electron chi connectivity index (χ1n) is 9.90. The summed E-state index contributed by atoms with van der Waals surface area (Å²) in [4.78, 5) is 35.6. The Balaban J connectivity index is 1.96. The van der Waals surface area contributed by atoms with E-state index < -0.39 is 35.5 Å². The number of amides is 2. The van der Waals surface area contributed by atoms with Crippen molar-refractivity contribution in [3.8, 4) is 0 Å². The Kier molecular flexibility index (Phi) is 7.88. The SMILES string of the molecule is CC(C)(C)OC(=O)NC1(/C=N/NC(=O)c2ccc(/C=C/C(=O)CO)cc2)CCCC1. The fourth-order valence-electron chi connectivity index (χ4n) is 3.07. The second-order valence-corrected chi connectivity index (χ2v) is 8.27. The maximum absolute atomic E-state index is 12.3. The summed E-state index contributed by atoms with van der Waals surface area (Å²) in [5, 5.41) is 15.7. The Morgan fingerprint density at radius 3 is 2.37 bits per heavy atom. The third-order valence-corrected chi connectivity index (χ3v) is 4.51. The van der Waals surface area contributed by atoms with Crippen molar-refractivity contribution < 1.29 is 24.2 Å². The molecule has 1 aromatic carbocycles. The minimum absolute atomic E-state index is 0.390. The third kappa shape index (κ3) is 7.44. The molecule has 3 N–H and O–H groups in total. The lowest BCUT2D eigenvalue weighted by Gasteiger charge is -2.28. The van der Waals surface area contributed by atoms with E-state index in [9.17, 15) is 14.4 Å². The summed E-state index contributed by atoms with van der Waals surface area (Å²) in [6.07, 6.45) is 7.23. The van der Waals surface area contributed by atoms with Crippen LogP contribution in [-0.2, 0) is 9.53 Å². The van der Waals surface area contributed by atoms with Crippen LogP contribution in [0.25, 0.3) is 6.08 Å². The zero-order valence-electron chi connectivity index (χ0n) is 17.6. The molecule has 1 fully saturated rings. The molecule has 1 aliphatic rings. The first-order chi connectivity index (χ1) is 14.1. The van der Waals surface area contributed by atoms with Gasteiger partial charge in [-0.3, -0.25) is 9.59 Å². The summed E-state index contributed by atoms with van der Waals surface area (Å²) >= 11 is 0. The molecule has 1 aliphatic carbocycles. The molecule has 0 unspecified atom stereocenters. The van der Waals surface area contributed by atoms with Crippen molar-refractivity contribution in [2.24, 2.45) is 5.10 Å². The van der Waals surface area contributed by atoms with Crippen LogP contribution in [0.3, 0.4) is 0 Å². The number of carbonyl (C=O) groups is 3. The van der Waals surface area contributed by atoms with Crippen molar-refractivity contribution in [1.82, 2.24) is 10.7 Å². The number of carbonyl (C=O) groups excluding carboxylic acids is 3. The van der Waals surface area contributed by atoms with Gasteiger partial charge in [0, 0.05) is 5.56 Å². The Morgan fingerprint density at radius 1 is 1.17 bits per heavy atom. The molecule has 2 amide bonds. The van der Waals surface area contributed by atoms with Crippen LogP contribution in [0.1, 0.15) is 62.4 Å².